The highest BCUT2D eigenvalue weighted by molar-refractivity contribution is 6.07. The topological polar surface area (TPSA) is 75.7 Å². The third-order valence-electron chi connectivity index (χ3n) is 4.01. The fraction of sp³-hybridized carbons (Fsp3) is 0.438. The largest absolute Gasteiger partial charge is 0.469 e. The van der Waals surface area contributed by atoms with Gasteiger partial charge >= 0.3 is 5.97 Å². The van der Waals surface area contributed by atoms with Crippen molar-refractivity contribution >= 4 is 23.5 Å². The number of benzene rings is 1. The number of nitrogens with zero attached hydrogens (tertiary/aromatic N) is 1. The number of anilines is 1. The second kappa shape index (κ2) is 5.79. The smallest absolute Gasteiger partial charge is 0.311 e. The van der Waals surface area contributed by atoms with Crippen LogP contribution in [-0.4, -0.2) is 37.5 Å². The predicted octanol–water partition coefficient (Wildman–Crippen LogP) is 1.10. The van der Waals surface area contributed by atoms with Crippen LogP contribution >= 0.6 is 0 Å². The lowest BCUT2D eigenvalue weighted by molar-refractivity contribution is -0.145. The zero-order chi connectivity index (χ0) is 15.7. The van der Waals surface area contributed by atoms with Crippen LogP contribution in [0.5, 0.6) is 0 Å². The molecule has 0 radical (unpaired) electrons. The molecule has 2 aliphatic rings. The van der Waals surface area contributed by atoms with E-state index in [9.17, 15) is 14.4 Å². The summed E-state index contributed by atoms with van der Waals surface area (Å²) in [7, 11) is 1.31. The van der Waals surface area contributed by atoms with Crippen LogP contribution < -0.4 is 10.2 Å². The lowest BCUT2D eigenvalue weighted by Crippen LogP contribution is -2.31. The highest BCUT2D eigenvalue weighted by Crippen LogP contribution is 2.29. The number of carbonyl (C=O) groups excluding carboxylic acids is 3. The fourth-order valence-electron chi connectivity index (χ4n) is 2.66. The van der Waals surface area contributed by atoms with Gasteiger partial charge in [0.2, 0.25) is 5.91 Å². The van der Waals surface area contributed by atoms with Crippen molar-refractivity contribution in [1.29, 1.82) is 0 Å². The zero-order valence-electron chi connectivity index (χ0n) is 12.4. The summed E-state index contributed by atoms with van der Waals surface area (Å²) in [6, 6.07) is 7.23. The van der Waals surface area contributed by atoms with Gasteiger partial charge in [-0.05, 0) is 25.0 Å². The van der Waals surface area contributed by atoms with E-state index in [2.05, 4.69) is 5.32 Å². The first-order chi connectivity index (χ1) is 10.6. The Hall–Kier alpha value is -2.37. The number of rotatable bonds is 4. The number of amides is 2. The van der Waals surface area contributed by atoms with Gasteiger partial charge in [0.05, 0.1) is 24.3 Å². The molecular weight excluding hydrogens is 284 g/mol. The monoisotopic (exact) mass is 302 g/mol. The van der Waals surface area contributed by atoms with E-state index < -0.39 is 11.9 Å². The molecule has 1 saturated heterocycles. The summed E-state index contributed by atoms with van der Waals surface area (Å²) in [6.45, 7) is 0.249. The number of carbonyl (C=O) groups is 3. The second-order valence-electron chi connectivity index (χ2n) is 5.69. The summed E-state index contributed by atoms with van der Waals surface area (Å²) in [6.07, 6.45) is 2.12. The van der Waals surface area contributed by atoms with Crippen LogP contribution in [0.25, 0.3) is 0 Å². The van der Waals surface area contributed by atoms with E-state index in [1.807, 2.05) is 0 Å². The third kappa shape index (κ3) is 2.81. The Kier molecular flexibility index (Phi) is 3.83. The SMILES string of the molecule is COC(=O)C1CC(=O)N(c2ccccc2C(=O)NC2CC2)C1. The maximum Gasteiger partial charge on any atom is 0.311 e. The van der Waals surface area contributed by atoms with Gasteiger partial charge in [-0.2, -0.15) is 0 Å². The minimum atomic E-state index is -0.475. The summed E-state index contributed by atoms with van der Waals surface area (Å²) < 4.78 is 4.71. The van der Waals surface area contributed by atoms with Gasteiger partial charge in [0.25, 0.3) is 5.91 Å². The van der Waals surface area contributed by atoms with Crippen LogP contribution in [0.15, 0.2) is 24.3 Å². The molecule has 6 nitrogen and oxygen atoms in total. The van der Waals surface area contributed by atoms with Crippen molar-refractivity contribution in [3.8, 4) is 0 Å². The lowest BCUT2D eigenvalue weighted by Gasteiger charge is -2.19. The standard InChI is InChI=1S/C16H18N2O4/c1-22-16(21)10-8-14(19)18(9-10)13-5-3-2-4-12(13)15(20)17-11-6-7-11/h2-5,10-11H,6-9H2,1H3,(H,17,20). The Morgan fingerprint density at radius 3 is 2.68 bits per heavy atom. The highest BCUT2D eigenvalue weighted by atomic mass is 16.5. The number of para-hydroxylation sites is 1. The Morgan fingerprint density at radius 1 is 1.27 bits per heavy atom. The van der Waals surface area contributed by atoms with Gasteiger partial charge < -0.3 is 15.0 Å². The predicted molar refractivity (Wildman–Crippen MR) is 79.4 cm³/mol. The number of hydrogen-bond acceptors (Lipinski definition) is 4. The van der Waals surface area contributed by atoms with E-state index in [1.54, 1.807) is 24.3 Å². The summed E-state index contributed by atoms with van der Waals surface area (Å²) in [5.74, 6) is -1.21. The number of hydrogen-bond donors (Lipinski definition) is 1. The molecule has 1 aromatic rings. The number of ether oxygens (including phenoxy) is 1. The molecule has 1 aliphatic heterocycles. The van der Waals surface area contributed by atoms with Gasteiger partial charge in [-0.3, -0.25) is 14.4 Å². The molecule has 2 amide bonds. The molecule has 3 rings (SSSR count). The van der Waals surface area contributed by atoms with Crippen LogP contribution in [-0.2, 0) is 14.3 Å². The molecule has 1 N–H and O–H groups in total. The van der Waals surface area contributed by atoms with Crippen molar-refractivity contribution in [3.63, 3.8) is 0 Å². The molecule has 1 unspecified atom stereocenters. The fourth-order valence-corrected chi connectivity index (χ4v) is 2.66. The van der Waals surface area contributed by atoms with Gasteiger partial charge in [-0.25, -0.2) is 0 Å². The van der Waals surface area contributed by atoms with E-state index in [0.717, 1.165) is 12.8 Å². The summed E-state index contributed by atoms with van der Waals surface area (Å²) in [5.41, 5.74) is 1.02. The van der Waals surface area contributed by atoms with Gasteiger partial charge in [-0.15, -0.1) is 0 Å². The van der Waals surface area contributed by atoms with Crippen LogP contribution in [0, 0.1) is 5.92 Å². The van der Waals surface area contributed by atoms with Gasteiger partial charge in [-0.1, -0.05) is 12.1 Å². The second-order valence-corrected chi connectivity index (χ2v) is 5.69. The summed E-state index contributed by atoms with van der Waals surface area (Å²) in [5, 5.41) is 2.93. The summed E-state index contributed by atoms with van der Waals surface area (Å²) in [4.78, 5) is 37.6. The minimum absolute atomic E-state index is 0.116. The molecule has 1 saturated carbocycles. The van der Waals surface area contributed by atoms with Crippen molar-refractivity contribution < 1.29 is 19.1 Å². The summed E-state index contributed by atoms with van der Waals surface area (Å²) >= 11 is 0. The van der Waals surface area contributed by atoms with Gasteiger partial charge in [0.1, 0.15) is 0 Å². The number of nitrogens with one attached hydrogen (secondary N) is 1. The normalized spacial score (nSPS) is 20.9. The first-order valence-electron chi connectivity index (χ1n) is 7.38. The zero-order valence-corrected chi connectivity index (χ0v) is 12.4. The average molecular weight is 302 g/mol. The van der Waals surface area contributed by atoms with Gasteiger partial charge in [0, 0.05) is 19.0 Å². The van der Waals surface area contributed by atoms with E-state index in [4.69, 9.17) is 4.74 Å². The van der Waals surface area contributed by atoms with E-state index in [-0.39, 0.29) is 30.8 Å². The van der Waals surface area contributed by atoms with Crippen molar-refractivity contribution in [3.05, 3.63) is 29.8 Å². The van der Waals surface area contributed by atoms with Gasteiger partial charge in [0.15, 0.2) is 0 Å². The maximum atomic E-state index is 12.3. The first-order valence-corrected chi connectivity index (χ1v) is 7.38. The Balaban J connectivity index is 1.83. The van der Waals surface area contributed by atoms with Crippen LogP contribution in [0.1, 0.15) is 29.6 Å². The maximum absolute atomic E-state index is 12.3. The average Bonchev–Trinajstić information content (AvgIpc) is 3.26. The molecule has 22 heavy (non-hydrogen) atoms. The lowest BCUT2D eigenvalue weighted by atomic mass is 10.1. The molecule has 0 bridgehead atoms. The Labute approximate surface area is 128 Å². The molecule has 1 heterocycles. The van der Waals surface area contributed by atoms with E-state index in [1.165, 1.54) is 12.0 Å². The number of methoxy groups -OCH3 is 1. The van der Waals surface area contributed by atoms with Crippen molar-refractivity contribution in [2.75, 3.05) is 18.6 Å². The molecule has 1 aromatic carbocycles. The molecule has 0 spiro atoms. The quantitative estimate of drug-likeness (QED) is 0.845. The van der Waals surface area contributed by atoms with Crippen molar-refractivity contribution in [1.82, 2.24) is 5.32 Å². The van der Waals surface area contributed by atoms with E-state index in [0.29, 0.717) is 11.3 Å². The molecule has 1 atom stereocenters. The molecule has 2 fully saturated rings. The van der Waals surface area contributed by atoms with Crippen molar-refractivity contribution in [2.45, 2.75) is 25.3 Å². The van der Waals surface area contributed by atoms with Crippen molar-refractivity contribution in [2.24, 2.45) is 5.92 Å². The number of esters is 1. The minimum Gasteiger partial charge on any atom is -0.469 e. The Bertz CT molecular complexity index is 624. The van der Waals surface area contributed by atoms with Crippen LogP contribution in [0.4, 0.5) is 5.69 Å². The molecule has 0 aromatic heterocycles. The molecular formula is C16H18N2O4. The Morgan fingerprint density at radius 2 is 2.00 bits per heavy atom. The third-order valence-corrected chi connectivity index (χ3v) is 4.01. The molecule has 116 valence electrons. The highest BCUT2D eigenvalue weighted by Gasteiger charge is 2.37. The van der Waals surface area contributed by atoms with E-state index >= 15 is 0 Å². The first kappa shape index (κ1) is 14.6. The molecule has 6 heteroatoms. The van der Waals surface area contributed by atoms with Crippen LogP contribution in [0.2, 0.25) is 0 Å². The van der Waals surface area contributed by atoms with Crippen LogP contribution in [0.3, 0.4) is 0 Å². The molecule has 1 aliphatic carbocycles.